The lowest BCUT2D eigenvalue weighted by Crippen LogP contribution is -2.00. The third-order valence-corrected chi connectivity index (χ3v) is 2.24. The Bertz CT molecular complexity index is 268. The topological polar surface area (TPSA) is 17.1 Å². The summed E-state index contributed by atoms with van der Waals surface area (Å²) >= 11 is 7.20. The smallest absolute Gasteiger partial charge is 0.172 e. The number of carbonyl (C=O) groups is 1. The summed E-state index contributed by atoms with van der Waals surface area (Å²) in [6, 6.07) is 6.96. The van der Waals surface area contributed by atoms with Crippen LogP contribution < -0.4 is 0 Å². The number of ketones is 1. The monoisotopic (exact) mass is 200 g/mol. The summed E-state index contributed by atoms with van der Waals surface area (Å²) < 4.78 is 0. The lowest BCUT2D eigenvalue weighted by molar-refractivity contribution is 0.102. The molecule has 12 heavy (non-hydrogen) atoms. The van der Waals surface area contributed by atoms with E-state index in [1.165, 1.54) is 11.8 Å². The van der Waals surface area contributed by atoms with Gasteiger partial charge in [-0.3, -0.25) is 4.79 Å². The van der Waals surface area contributed by atoms with Gasteiger partial charge in [-0.15, -0.1) is 0 Å². The number of carbonyl (C=O) groups excluding carboxylic acids is 1. The van der Waals surface area contributed by atoms with Gasteiger partial charge in [0.2, 0.25) is 0 Å². The van der Waals surface area contributed by atoms with Crippen LogP contribution in [-0.2, 0) is 0 Å². The minimum Gasteiger partial charge on any atom is -0.293 e. The third kappa shape index (κ3) is 2.54. The standard InChI is InChI=1S/C9H9ClOS/c1-12-6-9(11)7-2-4-8(10)5-3-7/h2-5H,6H2,1H3. The predicted octanol–water partition coefficient (Wildman–Crippen LogP) is 2.89. The fraction of sp³-hybridized carbons (Fsp3) is 0.222. The van der Waals surface area contributed by atoms with Crippen LogP contribution in [0.15, 0.2) is 24.3 Å². The molecule has 64 valence electrons. The van der Waals surface area contributed by atoms with Gasteiger partial charge in [-0.2, -0.15) is 11.8 Å². The van der Waals surface area contributed by atoms with E-state index in [9.17, 15) is 4.79 Å². The molecule has 0 atom stereocenters. The Balaban J connectivity index is 2.75. The second kappa shape index (κ2) is 4.53. The van der Waals surface area contributed by atoms with Crippen LogP contribution in [0.3, 0.4) is 0 Å². The second-order valence-electron chi connectivity index (χ2n) is 2.36. The van der Waals surface area contributed by atoms with Crippen molar-refractivity contribution in [3.8, 4) is 0 Å². The number of hydrogen-bond donors (Lipinski definition) is 0. The van der Waals surface area contributed by atoms with E-state index in [0.717, 1.165) is 5.56 Å². The average Bonchev–Trinajstić information content (AvgIpc) is 2.06. The molecule has 0 spiro atoms. The van der Waals surface area contributed by atoms with Crippen LogP contribution in [0.5, 0.6) is 0 Å². The van der Waals surface area contributed by atoms with Crippen LogP contribution in [0.25, 0.3) is 0 Å². The summed E-state index contributed by atoms with van der Waals surface area (Å²) in [4.78, 5) is 11.3. The molecule has 3 heteroatoms. The van der Waals surface area contributed by atoms with Gasteiger partial charge in [-0.05, 0) is 30.5 Å². The van der Waals surface area contributed by atoms with Crippen LogP contribution >= 0.6 is 23.4 Å². The third-order valence-electron chi connectivity index (χ3n) is 1.44. The number of benzene rings is 1. The molecule has 0 aliphatic heterocycles. The minimum absolute atomic E-state index is 0.152. The lowest BCUT2D eigenvalue weighted by atomic mass is 10.1. The first-order valence-electron chi connectivity index (χ1n) is 3.51. The molecule has 1 aromatic carbocycles. The molecule has 0 heterocycles. The first kappa shape index (κ1) is 9.62. The Morgan fingerprint density at radius 2 is 2.00 bits per heavy atom. The van der Waals surface area contributed by atoms with E-state index < -0.39 is 0 Å². The zero-order valence-corrected chi connectivity index (χ0v) is 8.28. The molecule has 0 bridgehead atoms. The van der Waals surface area contributed by atoms with E-state index >= 15 is 0 Å². The summed E-state index contributed by atoms with van der Waals surface area (Å²) in [6.45, 7) is 0. The molecular weight excluding hydrogens is 192 g/mol. The molecule has 0 amide bonds. The Morgan fingerprint density at radius 3 is 2.50 bits per heavy atom. The summed E-state index contributed by atoms with van der Waals surface area (Å²) in [7, 11) is 0. The van der Waals surface area contributed by atoms with Gasteiger partial charge in [0.25, 0.3) is 0 Å². The molecule has 0 unspecified atom stereocenters. The van der Waals surface area contributed by atoms with Gasteiger partial charge in [0.05, 0.1) is 5.75 Å². The van der Waals surface area contributed by atoms with Crippen LogP contribution in [0.4, 0.5) is 0 Å². The highest BCUT2D eigenvalue weighted by molar-refractivity contribution is 7.99. The Labute approximate surface area is 81.1 Å². The SMILES string of the molecule is CSCC(=O)c1ccc(Cl)cc1. The highest BCUT2D eigenvalue weighted by Crippen LogP contribution is 2.11. The number of rotatable bonds is 3. The molecule has 0 fully saturated rings. The minimum atomic E-state index is 0.152. The fourth-order valence-corrected chi connectivity index (χ4v) is 1.41. The highest BCUT2D eigenvalue weighted by Gasteiger charge is 2.02. The fourth-order valence-electron chi connectivity index (χ4n) is 0.850. The van der Waals surface area contributed by atoms with Gasteiger partial charge in [0, 0.05) is 10.6 Å². The molecule has 0 aliphatic rings. The van der Waals surface area contributed by atoms with E-state index in [2.05, 4.69) is 0 Å². The molecule has 1 rings (SSSR count). The van der Waals surface area contributed by atoms with E-state index in [-0.39, 0.29) is 5.78 Å². The lowest BCUT2D eigenvalue weighted by Gasteiger charge is -1.97. The van der Waals surface area contributed by atoms with Gasteiger partial charge in [0.15, 0.2) is 5.78 Å². The molecule has 0 saturated carbocycles. The van der Waals surface area contributed by atoms with E-state index in [4.69, 9.17) is 11.6 Å². The van der Waals surface area contributed by atoms with Crippen molar-refractivity contribution >= 4 is 29.1 Å². The summed E-state index contributed by atoms with van der Waals surface area (Å²) in [6.07, 6.45) is 1.91. The second-order valence-corrected chi connectivity index (χ2v) is 3.67. The van der Waals surface area contributed by atoms with Crippen molar-refractivity contribution < 1.29 is 4.79 Å². The van der Waals surface area contributed by atoms with Crippen LogP contribution in [0.2, 0.25) is 5.02 Å². The summed E-state index contributed by atoms with van der Waals surface area (Å²) in [5.41, 5.74) is 0.730. The molecule has 0 radical (unpaired) electrons. The highest BCUT2D eigenvalue weighted by atomic mass is 35.5. The molecule has 0 N–H and O–H groups in total. The maximum Gasteiger partial charge on any atom is 0.172 e. The quantitative estimate of drug-likeness (QED) is 0.698. The van der Waals surface area contributed by atoms with Crippen molar-refractivity contribution in [1.29, 1.82) is 0 Å². The van der Waals surface area contributed by atoms with Crippen molar-refractivity contribution in [3.63, 3.8) is 0 Å². The van der Waals surface area contributed by atoms with Crippen molar-refractivity contribution in [1.82, 2.24) is 0 Å². The van der Waals surface area contributed by atoms with Crippen molar-refractivity contribution in [2.45, 2.75) is 0 Å². The normalized spacial score (nSPS) is 9.83. The number of hydrogen-bond acceptors (Lipinski definition) is 2. The molecule has 0 saturated heterocycles. The van der Waals surface area contributed by atoms with Crippen molar-refractivity contribution in [2.24, 2.45) is 0 Å². The maximum atomic E-state index is 11.3. The zero-order chi connectivity index (χ0) is 8.97. The molecule has 1 nitrogen and oxygen atoms in total. The van der Waals surface area contributed by atoms with Crippen LogP contribution in [0.1, 0.15) is 10.4 Å². The predicted molar refractivity (Wildman–Crippen MR) is 54.2 cm³/mol. The zero-order valence-electron chi connectivity index (χ0n) is 6.71. The van der Waals surface area contributed by atoms with E-state index in [1.807, 2.05) is 6.26 Å². The van der Waals surface area contributed by atoms with Gasteiger partial charge >= 0.3 is 0 Å². The molecule has 1 aromatic rings. The molecule has 0 aliphatic carbocycles. The number of halogens is 1. The van der Waals surface area contributed by atoms with E-state index in [0.29, 0.717) is 10.8 Å². The number of thioether (sulfide) groups is 1. The maximum absolute atomic E-state index is 11.3. The Kier molecular flexibility index (Phi) is 3.63. The van der Waals surface area contributed by atoms with Gasteiger partial charge < -0.3 is 0 Å². The largest absolute Gasteiger partial charge is 0.293 e. The number of Topliss-reactive ketones (excluding diaryl/α,β-unsaturated/α-hetero) is 1. The van der Waals surface area contributed by atoms with Crippen LogP contribution in [-0.4, -0.2) is 17.8 Å². The molecule has 0 aromatic heterocycles. The molecular formula is C9H9ClOS. The Morgan fingerprint density at radius 1 is 1.42 bits per heavy atom. The van der Waals surface area contributed by atoms with Crippen LogP contribution in [0, 0.1) is 0 Å². The first-order chi connectivity index (χ1) is 5.74. The van der Waals surface area contributed by atoms with Gasteiger partial charge in [-0.25, -0.2) is 0 Å². The van der Waals surface area contributed by atoms with Crippen molar-refractivity contribution in [3.05, 3.63) is 34.9 Å². The summed E-state index contributed by atoms with van der Waals surface area (Å²) in [5.74, 6) is 0.681. The average molecular weight is 201 g/mol. The van der Waals surface area contributed by atoms with Crippen molar-refractivity contribution in [2.75, 3.05) is 12.0 Å². The first-order valence-corrected chi connectivity index (χ1v) is 5.29. The van der Waals surface area contributed by atoms with Gasteiger partial charge in [0.1, 0.15) is 0 Å². The Hall–Kier alpha value is -0.470. The van der Waals surface area contributed by atoms with Gasteiger partial charge in [-0.1, -0.05) is 11.6 Å². The summed E-state index contributed by atoms with van der Waals surface area (Å²) in [5, 5.41) is 0.663. The van der Waals surface area contributed by atoms with E-state index in [1.54, 1.807) is 24.3 Å².